The lowest BCUT2D eigenvalue weighted by molar-refractivity contribution is 0.251. The molecule has 2 aromatic rings. The molecule has 1 heterocycles. The van der Waals surface area contributed by atoms with Crippen molar-refractivity contribution < 1.29 is 4.79 Å². The van der Waals surface area contributed by atoms with Crippen molar-refractivity contribution in [2.45, 2.75) is 18.3 Å². The lowest BCUT2D eigenvalue weighted by Gasteiger charge is -2.16. The van der Waals surface area contributed by atoms with E-state index < -0.39 is 0 Å². The van der Waals surface area contributed by atoms with Gasteiger partial charge >= 0.3 is 6.03 Å². The molecule has 0 spiro atoms. The molecule has 0 atom stereocenters. The van der Waals surface area contributed by atoms with E-state index in [4.69, 9.17) is 0 Å². The zero-order chi connectivity index (χ0) is 13.8. The van der Waals surface area contributed by atoms with Crippen molar-refractivity contribution in [1.29, 1.82) is 0 Å². The molecule has 0 unspecified atom stereocenters. The molecule has 1 fully saturated rings. The number of pyridine rings is 1. The van der Waals surface area contributed by atoms with Gasteiger partial charge in [-0.05, 0) is 36.6 Å². The van der Waals surface area contributed by atoms with Gasteiger partial charge in [0.1, 0.15) is 0 Å². The Morgan fingerprint density at radius 2 is 1.95 bits per heavy atom. The fraction of sp³-hybridized carbons (Fsp3) is 0.250. The van der Waals surface area contributed by atoms with Gasteiger partial charge < -0.3 is 10.6 Å². The van der Waals surface area contributed by atoms with Gasteiger partial charge in [-0.3, -0.25) is 4.98 Å². The highest BCUT2D eigenvalue weighted by Gasteiger charge is 2.44. The van der Waals surface area contributed by atoms with Gasteiger partial charge in [0.15, 0.2) is 0 Å². The summed E-state index contributed by atoms with van der Waals surface area (Å²) in [4.78, 5) is 16.0. The second-order valence-electron chi connectivity index (χ2n) is 5.20. The summed E-state index contributed by atoms with van der Waals surface area (Å²) in [5.74, 6) is 0. The van der Waals surface area contributed by atoms with Crippen LogP contribution in [-0.2, 0) is 5.41 Å². The summed E-state index contributed by atoms with van der Waals surface area (Å²) < 4.78 is 0. The minimum Gasteiger partial charge on any atom is -0.337 e. The van der Waals surface area contributed by atoms with E-state index in [1.54, 1.807) is 6.20 Å². The lowest BCUT2D eigenvalue weighted by atomic mass is 9.98. The van der Waals surface area contributed by atoms with Crippen LogP contribution in [0.2, 0.25) is 0 Å². The van der Waals surface area contributed by atoms with Crippen LogP contribution >= 0.6 is 0 Å². The van der Waals surface area contributed by atoms with Crippen LogP contribution < -0.4 is 10.6 Å². The van der Waals surface area contributed by atoms with Crippen LogP contribution in [0.4, 0.5) is 10.5 Å². The van der Waals surface area contributed by atoms with Gasteiger partial charge in [-0.2, -0.15) is 0 Å². The fourth-order valence-corrected chi connectivity index (χ4v) is 2.34. The first kappa shape index (κ1) is 12.7. The first-order valence-electron chi connectivity index (χ1n) is 6.79. The van der Waals surface area contributed by atoms with Gasteiger partial charge in [0.25, 0.3) is 0 Å². The van der Waals surface area contributed by atoms with Gasteiger partial charge in [-0.25, -0.2) is 4.79 Å². The van der Waals surface area contributed by atoms with Gasteiger partial charge in [0.05, 0.1) is 0 Å². The van der Waals surface area contributed by atoms with E-state index in [1.165, 1.54) is 5.56 Å². The zero-order valence-electron chi connectivity index (χ0n) is 11.2. The molecule has 0 radical (unpaired) electrons. The van der Waals surface area contributed by atoms with Crippen molar-refractivity contribution >= 4 is 11.7 Å². The number of para-hydroxylation sites is 1. The topological polar surface area (TPSA) is 54.0 Å². The molecule has 1 aromatic carbocycles. The van der Waals surface area contributed by atoms with E-state index in [9.17, 15) is 4.79 Å². The van der Waals surface area contributed by atoms with E-state index in [0.717, 1.165) is 18.5 Å². The smallest absolute Gasteiger partial charge is 0.319 e. The standard InChI is InChI=1S/C16H17N3O/c20-15(19-14-6-2-1-3-7-14)18-12-16(8-9-16)13-5-4-10-17-11-13/h1-7,10-11H,8-9,12H2,(H2,18,19,20). The van der Waals surface area contributed by atoms with Crippen LogP contribution in [0.25, 0.3) is 0 Å². The average molecular weight is 267 g/mol. The Balaban J connectivity index is 1.56. The molecule has 20 heavy (non-hydrogen) atoms. The Morgan fingerprint density at radius 1 is 1.15 bits per heavy atom. The number of rotatable bonds is 4. The number of urea groups is 1. The predicted octanol–water partition coefficient (Wildman–Crippen LogP) is 2.93. The summed E-state index contributed by atoms with van der Waals surface area (Å²) >= 11 is 0. The third-order valence-corrected chi connectivity index (χ3v) is 3.75. The number of aromatic nitrogens is 1. The SMILES string of the molecule is O=C(NCC1(c2cccnc2)CC1)Nc1ccccc1. The second-order valence-corrected chi connectivity index (χ2v) is 5.20. The van der Waals surface area contributed by atoms with Crippen LogP contribution in [0.1, 0.15) is 18.4 Å². The molecule has 0 saturated heterocycles. The molecule has 1 saturated carbocycles. The molecular formula is C16H17N3O. The summed E-state index contributed by atoms with van der Waals surface area (Å²) in [5.41, 5.74) is 2.10. The van der Waals surface area contributed by atoms with Gasteiger partial charge in [0, 0.05) is 30.0 Å². The molecule has 4 nitrogen and oxygen atoms in total. The van der Waals surface area contributed by atoms with E-state index in [1.807, 2.05) is 42.6 Å². The molecule has 2 N–H and O–H groups in total. The maximum Gasteiger partial charge on any atom is 0.319 e. The number of nitrogens with zero attached hydrogens (tertiary/aromatic N) is 1. The molecule has 0 aliphatic heterocycles. The summed E-state index contributed by atoms with van der Waals surface area (Å²) in [6.45, 7) is 0.650. The Kier molecular flexibility index (Phi) is 3.37. The largest absolute Gasteiger partial charge is 0.337 e. The Hall–Kier alpha value is -2.36. The minimum atomic E-state index is -0.161. The van der Waals surface area contributed by atoms with Crippen LogP contribution in [0.5, 0.6) is 0 Å². The second kappa shape index (κ2) is 5.33. The van der Waals surface area contributed by atoms with Crippen LogP contribution in [0.3, 0.4) is 0 Å². The number of amides is 2. The quantitative estimate of drug-likeness (QED) is 0.895. The summed E-state index contributed by atoms with van der Waals surface area (Å²) in [7, 11) is 0. The number of carbonyl (C=O) groups is 1. The molecule has 4 heteroatoms. The third-order valence-electron chi connectivity index (χ3n) is 3.75. The third kappa shape index (κ3) is 2.79. The first-order valence-corrected chi connectivity index (χ1v) is 6.79. The summed E-state index contributed by atoms with van der Waals surface area (Å²) in [5, 5.41) is 5.78. The minimum absolute atomic E-state index is 0.0856. The monoisotopic (exact) mass is 267 g/mol. The van der Waals surface area contributed by atoms with Crippen molar-refractivity contribution in [2.24, 2.45) is 0 Å². The highest BCUT2D eigenvalue weighted by Crippen LogP contribution is 2.47. The van der Waals surface area contributed by atoms with E-state index in [2.05, 4.69) is 21.7 Å². The molecule has 1 aromatic heterocycles. The van der Waals surface area contributed by atoms with Gasteiger partial charge in [-0.1, -0.05) is 24.3 Å². The van der Waals surface area contributed by atoms with E-state index >= 15 is 0 Å². The Morgan fingerprint density at radius 3 is 2.60 bits per heavy atom. The van der Waals surface area contributed by atoms with E-state index in [-0.39, 0.29) is 11.4 Å². The highest BCUT2D eigenvalue weighted by atomic mass is 16.2. The van der Waals surface area contributed by atoms with Crippen LogP contribution in [0.15, 0.2) is 54.9 Å². The maximum atomic E-state index is 11.9. The number of carbonyl (C=O) groups excluding carboxylic acids is 1. The van der Waals surface area contributed by atoms with Crippen LogP contribution in [0, 0.1) is 0 Å². The van der Waals surface area contributed by atoms with Gasteiger partial charge in [0.2, 0.25) is 0 Å². The van der Waals surface area contributed by atoms with Crippen molar-refractivity contribution in [2.75, 3.05) is 11.9 Å². The van der Waals surface area contributed by atoms with E-state index in [0.29, 0.717) is 6.54 Å². The van der Waals surface area contributed by atoms with Crippen molar-refractivity contribution in [3.8, 4) is 0 Å². The number of hydrogen-bond acceptors (Lipinski definition) is 2. The normalized spacial score (nSPS) is 15.4. The molecule has 3 rings (SSSR count). The number of benzene rings is 1. The highest BCUT2D eigenvalue weighted by molar-refractivity contribution is 5.89. The average Bonchev–Trinajstić information content (AvgIpc) is 3.28. The number of anilines is 1. The Bertz CT molecular complexity index is 579. The Labute approximate surface area is 118 Å². The number of nitrogens with one attached hydrogen (secondary N) is 2. The van der Waals surface area contributed by atoms with Crippen molar-refractivity contribution in [3.63, 3.8) is 0 Å². The lowest BCUT2D eigenvalue weighted by Crippen LogP contribution is -2.35. The summed E-state index contributed by atoms with van der Waals surface area (Å²) in [6, 6.07) is 13.3. The molecule has 1 aliphatic carbocycles. The van der Waals surface area contributed by atoms with Crippen molar-refractivity contribution in [3.05, 3.63) is 60.4 Å². The first-order chi connectivity index (χ1) is 9.78. The molecule has 102 valence electrons. The molecule has 1 aliphatic rings. The summed E-state index contributed by atoms with van der Waals surface area (Å²) in [6.07, 6.45) is 5.87. The number of hydrogen-bond donors (Lipinski definition) is 2. The van der Waals surface area contributed by atoms with Crippen molar-refractivity contribution in [1.82, 2.24) is 10.3 Å². The molecule has 0 bridgehead atoms. The van der Waals surface area contributed by atoms with Crippen LogP contribution in [-0.4, -0.2) is 17.6 Å². The van der Waals surface area contributed by atoms with Gasteiger partial charge in [-0.15, -0.1) is 0 Å². The fourth-order valence-electron chi connectivity index (χ4n) is 2.34. The zero-order valence-corrected chi connectivity index (χ0v) is 11.2. The molecule has 2 amide bonds. The molecular weight excluding hydrogens is 250 g/mol. The predicted molar refractivity (Wildman–Crippen MR) is 78.6 cm³/mol. The maximum absolute atomic E-state index is 11.9.